The molecule has 3 aromatic rings. The molecule has 0 atom stereocenters. The van der Waals surface area contributed by atoms with Crippen LogP contribution in [0.4, 0.5) is 5.82 Å². The molecule has 2 aromatic heterocycles. The normalized spacial score (nSPS) is 15.1. The fourth-order valence-electron chi connectivity index (χ4n) is 3.38. The van der Waals surface area contributed by atoms with Gasteiger partial charge in [0.15, 0.2) is 0 Å². The minimum absolute atomic E-state index is 0.116. The lowest BCUT2D eigenvalue weighted by Crippen LogP contribution is -2.29. The van der Waals surface area contributed by atoms with E-state index in [1.807, 2.05) is 30.5 Å². The Morgan fingerprint density at radius 1 is 1.07 bits per heavy atom. The molecule has 29 heavy (non-hydrogen) atoms. The highest BCUT2D eigenvalue weighted by atomic mass is 16.1. The van der Waals surface area contributed by atoms with E-state index >= 15 is 0 Å². The molecule has 4 rings (SSSR count). The summed E-state index contributed by atoms with van der Waals surface area (Å²) in [6.45, 7) is 4.64. The van der Waals surface area contributed by atoms with Crippen molar-refractivity contribution in [1.82, 2.24) is 30.0 Å². The van der Waals surface area contributed by atoms with Crippen LogP contribution < -0.4 is 10.2 Å². The van der Waals surface area contributed by atoms with Crippen molar-refractivity contribution < 1.29 is 4.79 Å². The van der Waals surface area contributed by atoms with Crippen LogP contribution in [-0.4, -0.2) is 63.8 Å². The quantitative estimate of drug-likeness (QED) is 0.714. The molecule has 0 radical (unpaired) electrons. The van der Waals surface area contributed by atoms with Crippen LogP contribution in [-0.2, 0) is 6.54 Å². The minimum atomic E-state index is -0.116. The van der Waals surface area contributed by atoms with E-state index in [1.54, 1.807) is 23.1 Å². The number of pyridine rings is 1. The van der Waals surface area contributed by atoms with Crippen molar-refractivity contribution in [3.63, 3.8) is 0 Å². The zero-order valence-electron chi connectivity index (χ0n) is 16.5. The number of benzene rings is 1. The topological polar surface area (TPSA) is 79.2 Å². The molecule has 0 spiro atoms. The number of rotatable bonds is 5. The maximum atomic E-state index is 12.4. The first-order valence-corrected chi connectivity index (χ1v) is 9.81. The van der Waals surface area contributed by atoms with Gasteiger partial charge in [-0.25, -0.2) is 14.6 Å². The van der Waals surface area contributed by atoms with Crippen molar-refractivity contribution in [3.05, 3.63) is 66.4 Å². The molecule has 1 aliphatic rings. The number of aromatic nitrogens is 4. The predicted octanol–water partition coefficient (Wildman–Crippen LogP) is 1.73. The first-order chi connectivity index (χ1) is 14.2. The molecule has 150 valence electrons. The van der Waals surface area contributed by atoms with Crippen molar-refractivity contribution >= 4 is 11.7 Å². The number of hydrogen-bond acceptors (Lipinski definition) is 6. The van der Waals surface area contributed by atoms with Gasteiger partial charge in [-0.05, 0) is 55.9 Å². The zero-order chi connectivity index (χ0) is 20.1. The second-order valence-electron chi connectivity index (χ2n) is 7.24. The van der Waals surface area contributed by atoms with Crippen LogP contribution >= 0.6 is 0 Å². The van der Waals surface area contributed by atoms with Gasteiger partial charge in [-0.15, -0.1) is 0 Å². The summed E-state index contributed by atoms with van der Waals surface area (Å²) >= 11 is 0. The number of anilines is 1. The molecule has 1 aromatic carbocycles. The van der Waals surface area contributed by atoms with Crippen molar-refractivity contribution in [1.29, 1.82) is 0 Å². The van der Waals surface area contributed by atoms with E-state index in [1.165, 1.54) is 6.33 Å². The van der Waals surface area contributed by atoms with Crippen LogP contribution in [0.15, 0.2) is 55.2 Å². The highest BCUT2D eigenvalue weighted by Crippen LogP contribution is 2.14. The Labute approximate surface area is 170 Å². The molecule has 8 nitrogen and oxygen atoms in total. The highest BCUT2D eigenvalue weighted by molar-refractivity contribution is 5.94. The molecule has 0 unspecified atom stereocenters. The van der Waals surface area contributed by atoms with Gasteiger partial charge in [-0.3, -0.25) is 4.79 Å². The minimum Gasteiger partial charge on any atom is -0.355 e. The maximum absolute atomic E-state index is 12.4. The summed E-state index contributed by atoms with van der Waals surface area (Å²) in [5.41, 5.74) is 2.44. The molecule has 1 saturated heterocycles. The number of likely N-dealkylation sites (N-methyl/N-ethyl adjacent to an activating group) is 1. The molecule has 3 heterocycles. The Kier molecular flexibility index (Phi) is 5.81. The van der Waals surface area contributed by atoms with Crippen LogP contribution in [0.5, 0.6) is 0 Å². The highest BCUT2D eigenvalue weighted by Gasteiger charge is 2.13. The van der Waals surface area contributed by atoms with E-state index in [0.29, 0.717) is 12.1 Å². The Balaban J connectivity index is 1.32. The summed E-state index contributed by atoms with van der Waals surface area (Å²) in [5, 5.41) is 7.03. The Morgan fingerprint density at radius 3 is 2.66 bits per heavy atom. The number of hydrogen-bond donors (Lipinski definition) is 1. The lowest BCUT2D eigenvalue weighted by Gasteiger charge is -2.21. The molecule has 1 aliphatic heterocycles. The summed E-state index contributed by atoms with van der Waals surface area (Å²) in [6.07, 6.45) is 6.09. The van der Waals surface area contributed by atoms with E-state index in [4.69, 9.17) is 0 Å². The molecule has 0 aliphatic carbocycles. The average molecular weight is 391 g/mol. The molecular formula is C21H25N7O. The summed E-state index contributed by atoms with van der Waals surface area (Å²) in [5.74, 6) is 0.883. The van der Waals surface area contributed by atoms with Gasteiger partial charge in [-0.1, -0.05) is 6.07 Å². The van der Waals surface area contributed by atoms with Gasteiger partial charge in [0.25, 0.3) is 5.91 Å². The molecule has 0 saturated carbocycles. The molecule has 0 bridgehead atoms. The molecule has 1 fully saturated rings. The van der Waals surface area contributed by atoms with Crippen molar-refractivity contribution in [2.75, 3.05) is 38.1 Å². The van der Waals surface area contributed by atoms with Crippen LogP contribution in [0.3, 0.4) is 0 Å². The third-order valence-electron chi connectivity index (χ3n) is 5.12. The summed E-state index contributed by atoms with van der Waals surface area (Å²) in [6, 6.07) is 11.3. The first kappa shape index (κ1) is 19.1. The van der Waals surface area contributed by atoms with E-state index in [-0.39, 0.29) is 5.91 Å². The van der Waals surface area contributed by atoms with Crippen LogP contribution in [0, 0.1) is 0 Å². The predicted molar refractivity (Wildman–Crippen MR) is 111 cm³/mol. The molecule has 1 amide bonds. The second kappa shape index (κ2) is 8.83. The van der Waals surface area contributed by atoms with Crippen molar-refractivity contribution in [2.45, 2.75) is 13.0 Å². The van der Waals surface area contributed by atoms with E-state index in [9.17, 15) is 4.79 Å². The van der Waals surface area contributed by atoms with Gasteiger partial charge < -0.3 is 15.1 Å². The standard InChI is InChI=1S/C21H25N7O/c1-26-9-2-10-27(12-11-26)20-8-3-17(13-23-20)14-24-21(29)18-4-6-19(7-5-18)28-16-22-15-25-28/h3-8,13,15-16H,2,9-12,14H2,1H3,(H,24,29). The van der Waals surface area contributed by atoms with Gasteiger partial charge in [-0.2, -0.15) is 5.10 Å². The number of nitrogens with zero attached hydrogens (tertiary/aromatic N) is 6. The molecule has 8 heteroatoms. The number of nitrogens with one attached hydrogen (secondary N) is 1. The SMILES string of the molecule is CN1CCCN(c2ccc(CNC(=O)c3ccc(-n4cncn4)cc3)cn2)CC1. The van der Waals surface area contributed by atoms with E-state index in [2.05, 4.69) is 37.2 Å². The van der Waals surface area contributed by atoms with Gasteiger partial charge in [0.05, 0.1) is 5.69 Å². The summed E-state index contributed by atoms with van der Waals surface area (Å²) < 4.78 is 1.65. The summed E-state index contributed by atoms with van der Waals surface area (Å²) in [4.78, 5) is 25.6. The van der Waals surface area contributed by atoms with E-state index in [0.717, 1.165) is 49.7 Å². The van der Waals surface area contributed by atoms with Gasteiger partial charge >= 0.3 is 0 Å². The number of carbonyl (C=O) groups excluding carboxylic acids is 1. The monoisotopic (exact) mass is 391 g/mol. The fraction of sp³-hybridized carbons (Fsp3) is 0.333. The second-order valence-corrected chi connectivity index (χ2v) is 7.24. The van der Waals surface area contributed by atoms with Crippen LogP contribution in [0.25, 0.3) is 5.69 Å². The van der Waals surface area contributed by atoms with Gasteiger partial charge in [0.1, 0.15) is 18.5 Å². The molecular weight excluding hydrogens is 366 g/mol. The smallest absolute Gasteiger partial charge is 0.251 e. The average Bonchev–Trinajstić information content (AvgIpc) is 3.21. The first-order valence-electron chi connectivity index (χ1n) is 9.81. The Hall–Kier alpha value is -3.26. The van der Waals surface area contributed by atoms with E-state index < -0.39 is 0 Å². The van der Waals surface area contributed by atoms with Crippen molar-refractivity contribution in [3.8, 4) is 5.69 Å². The van der Waals surface area contributed by atoms with Gasteiger partial charge in [0, 0.05) is 37.9 Å². The summed E-state index contributed by atoms with van der Waals surface area (Å²) in [7, 11) is 2.16. The Morgan fingerprint density at radius 2 is 1.93 bits per heavy atom. The maximum Gasteiger partial charge on any atom is 0.251 e. The largest absolute Gasteiger partial charge is 0.355 e. The Bertz CT molecular complexity index is 923. The third kappa shape index (κ3) is 4.78. The van der Waals surface area contributed by atoms with Crippen LogP contribution in [0.1, 0.15) is 22.3 Å². The number of carbonyl (C=O) groups is 1. The van der Waals surface area contributed by atoms with Gasteiger partial charge in [0.2, 0.25) is 0 Å². The molecule has 1 N–H and O–H groups in total. The third-order valence-corrected chi connectivity index (χ3v) is 5.12. The fourth-order valence-corrected chi connectivity index (χ4v) is 3.38. The lowest BCUT2D eigenvalue weighted by molar-refractivity contribution is 0.0951. The zero-order valence-corrected chi connectivity index (χ0v) is 16.5. The lowest BCUT2D eigenvalue weighted by atomic mass is 10.2. The van der Waals surface area contributed by atoms with Crippen LogP contribution in [0.2, 0.25) is 0 Å². The van der Waals surface area contributed by atoms with Crippen molar-refractivity contribution in [2.24, 2.45) is 0 Å². The number of amides is 1.